The van der Waals surface area contributed by atoms with E-state index in [1.165, 1.54) is 6.33 Å². The lowest BCUT2D eigenvalue weighted by Gasteiger charge is -2.09. The lowest BCUT2D eigenvalue weighted by Crippen LogP contribution is -2.10. The topological polar surface area (TPSA) is 92.8 Å². The van der Waals surface area contributed by atoms with E-state index in [-0.39, 0.29) is 5.56 Å². The Hall–Kier alpha value is -2.96. The summed E-state index contributed by atoms with van der Waals surface area (Å²) in [6, 6.07) is 7.32. The molecule has 0 atom stereocenters. The normalized spacial score (nSPS) is 10.6. The highest BCUT2D eigenvalue weighted by Gasteiger charge is 2.05. The Labute approximate surface area is 126 Å². The van der Waals surface area contributed by atoms with Crippen LogP contribution in [0.4, 0.5) is 5.82 Å². The van der Waals surface area contributed by atoms with E-state index in [9.17, 15) is 4.79 Å². The van der Waals surface area contributed by atoms with Crippen molar-refractivity contribution in [3.05, 3.63) is 52.2 Å². The molecule has 112 valence electrons. The highest BCUT2D eigenvalue weighted by molar-refractivity contribution is 5.74. The molecule has 22 heavy (non-hydrogen) atoms. The van der Waals surface area contributed by atoms with Crippen molar-refractivity contribution >= 4 is 16.9 Å². The molecular weight excluding hydrogens is 282 g/mol. The van der Waals surface area contributed by atoms with Gasteiger partial charge in [-0.05, 0) is 24.6 Å². The molecule has 7 nitrogen and oxygen atoms in total. The van der Waals surface area contributed by atoms with Gasteiger partial charge in [0, 0.05) is 18.3 Å². The number of rotatable bonds is 4. The highest BCUT2D eigenvalue weighted by atomic mass is 16.5. The van der Waals surface area contributed by atoms with Gasteiger partial charge in [0.1, 0.15) is 5.82 Å². The number of aromatic amines is 1. The van der Waals surface area contributed by atoms with Crippen LogP contribution in [-0.2, 0) is 6.54 Å². The number of fused-ring (bicyclic) bond motifs is 1. The van der Waals surface area contributed by atoms with Gasteiger partial charge in [-0.15, -0.1) is 0 Å². The molecule has 0 aliphatic rings. The van der Waals surface area contributed by atoms with Gasteiger partial charge >= 0.3 is 0 Å². The van der Waals surface area contributed by atoms with Crippen molar-refractivity contribution in [3.8, 4) is 5.88 Å². The fraction of sp³-hybridized carbons (Fsp3) is 0.200. The Bertz CT molecular complexity index is 875. The van der Waals surface area contributed by atoms with Crippen LogP contribution in [0, 0.1) is 6.92 Å². The van der Waals surface area contributed by atoms with Crippen molar-refractivity contribution in [1.82, 2.24) is 19.9 Å². The second-order valence-corrected chi connectivity index (χ2v) is 4.75. The number of nitrogens with one attached hydrogen (secondary N) is 2. The van der Waals surface area contributed by atoms with E-state index in [1.807, 2.05) is 19.1 Å². The number of ether oxygens (including phenoxy) is 1. The Morgan fingerprint density at radius 2 is 2.09 bits per heavy atom. The van der Waals surface area contributed by atoms with E-state index in [1.54, 1.807) is 19.2 Å². The molecule has 0 aromatic carbocycles. The summed E-state index contributed by atoms with van der Waals surface area (Å²) in [7, 11) is 1.59. The van der Waals surface area contributed by atoms with E-state index in [4.69, 9.17) is 4.74 Å². The van der Waals surface area contributed by atoms with Crippen LogP contribution in [-0.4, -0.2) is 27.0 Å². The lowest BCUT2D eigenvalue weighted by atomic mass is 10.2. The summed E-state index contributed by atoms with van der Waals surface area (Å²) in [5.41, 5.74) is 2.54. The Morgan fingerprint density at radius 1 is 1.23 bits per heavy atom. The number of hydrogen-bond donors (Lipinski definition) is 2. The molecule has 3 aromatic heterocycles. The largest absolute Gasteiger partial charge is 0.481 e. The zero-order valence-electron chi connectivity index (χ0n) is 12.3. The predicted molar refractivity (Wildman–Crippen MR) is 83.0 cm³/mol. The van der Waals surface area contributed by atoms with Crippen LogP contribution in [0.3, 0.4) is 0 Å². The number of nitrogens with zero attached hydrogens (tertiary/aromatic N) is 3. The van der Waals surface area contributed by atoms with Gasteiger partial charge in [-0.25, -0.2) is 15.0 Å². The first-order valence-electron chi connectivity index (χ1n) is 6.76. The number of H-pyrrole nitrogens is 1. The number of anilines is 1. The van der Waals surface area contributed by atoms with Crippen molar-refractivity contribution in [1.29, 1.82) is 0 Å². The fourth-order valence-corrected chi connectivity index (χ4v) is 2.10. The molecule has 0 spiro atoms. The van der Waals surface area contributed by atoms with Crippen molar-refractivity contribution in [2.75, 3.05) is 12.4 Å². The maximum Gasteiger partial charge on any atom is 0.277 e. The number of methoxy groups -OCH3 is 1. The summed E-state index contributed by atoms with van der Waals surface area (Å²) in [4.78, 5) is 26.9. The SMILES string of the molecule is COc1ccc(CNc2ccc3nc[nH]c(=O)c3n2)c(C)n1. The molecule has 0 aliphatic carbocycles. The molecule has 0 saturated heterocycles. The Kier molecular flexibility index (Phi) is 3.69. The number of aromatic nitrogens is 4. The molecule has 0 saturated carbocycles. The van der Waals surface area contributed by atoms with E-state index >= 15 is 0 Å². The lowest BCUT2D eigenvalue weighted by molar-refractivity contribution is 0.396. The van der Waals surface area contributed by atoms with Gasteiger partial charge in [-0.3, -0.25) is 4.79 Å². The second kappa shape index (κ2) is 5.80. The van der Waals surface area contributed by atoms with Crippen LogP contribution < -0.4 is 15.6 Å². The van der Waals surface area contributed by atoms with Gasteiger partial charge in [-0.1, -0.05) is 6.07 Å². The molecule has 0 fully saturated rings. The van der Waals surface area contributed by atoms with Crippen LogP contribution in [0.1, 0.15) is 11.3 Å². The molecule has 0 radical (unpaired) electrons. The number of hydrogen-bond acceptors (Lipinski definition) is 6. The Balaban J connectivity index is 1.82. The average molecular weight is 297 g/mol. The minimum atomic E-state index is -0.254. The third-order valence-corrected chi connectivity index (χ3v) is 3.33. The van der Waals surface area contributed by atoms with Gasteiger partial charge in [0.05, 0.1) is 19.0 Å². The first kappa shape index (κ1) is 14.0. The first-order chi connectivity index (χ1) is 10.7. The third kappa shape index (κ3) is 2.73. The van der Waals surface area contributed by atoms with E-state index < -0.39 is 0 Å². The summed E-state index contributed by atoms with van der Waals surface area (Å²) in [6.45, 7) is 2.47. The second-order valence-electron chi connectivity index (χ2n) is 4.75. The van der Waals surface area contributed by atoms with Gasteiger partial charge in [-0.2, -0.15) is 0 Å². The molecule has 0 bridgehead atoms. The number of aryl methyl sites for hydroxylation is 1. The van der Waals surface area contributed by atoms with Crippen LogP contribution in [0.5, 0.6) is 5.88 Å². The highest BCUT2D eigenvalue weighted by Crippen LogP contribution is 2.14. The molecule has 0 aliphatic heterocycles. The summed E-state index contributed by atoms with van der Waals surface area (Å²) >= 11 is 0. The maximum absolute atomic E-state index is 11.7. The minimum Gasteiger partial charge on any atom is -0.481 e. The molecule has 0 amide bonds. The van der Waals surface area contributed by atoms with Crippen molar-refractivity contribution in [2.24, 2.45) is 0 Å². The monoisotopic (exact) mass is 297 g/mol. The van der Waals surface area contributed by atoms with Gasteiger partial charge in [0.25, 0.3) is 5.56 Å². The van der Waals surface area contributed by atoms with E-state index in [0.29, 0.717) is 29.3 Å². The van der Waals surface area contributed by atoms with Crippen LogP contribution in [0.15, 0.2) is 35.4 Å². The van der Waals surface area contributed by atoms with E-state index in [2.05, 4.69) is 25.3 Å². The zero-order valence-corrected chi connectivity index (χ0v) is 12.3. The van der Waals surface area contributed by atoms with Crippen LogP contribution in [0.25, 0.3) is 11.0 Å². The zero-order chi connectivity index (χ0) is 15.5. The summed E-state index contributed by atoms with van der Waals surface area (Å²) < 4.78 is 5.09. The summed E-state index contributed by atoms with van der Waals surface area (Å²) in [5.74, 6) is 1.20. The van der Waals surface area contributed by atoms with Crippen LogP contribution >= 0.6 is 0 Å². The smallest absolute Gasteiger partial charge is 0.277 e. The maximum atomic E-state index is 11.7. The molecular formula is C15H15N5O2. The predicted octanol–water partition coefficient (Wildman–Crippen LogP) is 1.64. The first-order valence-corrected chi connectivity index (χ1v) is 6.76. The molecule has 3 rings (SSSR count). The summed E-state index contributed by atoms with van der Waals surface area (Å²) in [6.07, 6.45) is 1.37. The quantitative estimate of drug-likeness (QED) is 0.760. The Morgan fingerprint density at radius 3 is 2.86 bits per heavy atom. The molecule has 3 heterocycles. The van der Waals surface area contributed by atoms with Crippen LogP contribution in [0.2, 0.25) is 0 Å². The molecule has 0 unspecified atom stereocenters. The van der Waals surface area contributed by atoms with Crippen molar-refractivity contribution in [3.63, 3.8) is 0 Å². The molecule has 2 N–H and O–H groups in total. The fourth-order valence-electron chi connectivity index (χ4n) is 2.10. The molecule has 3 aromatic rings. The number of pyridine rings is 2. The van der Waals surface area contributed by atoms with E-state index in [0.717, 1.165) is 11.3 Å². The third-order valence-electron chi connectivity index (χ3n) is 3.33. The minimum absolute atomic E-state index is 0.254. The van der Waals surface area contributed by atoms with Gasteiger partial charge < -0.3 is 15.0 Å². The standard InChI is InChI=1S/C15H15N5O2/c1-9-10(3-6-13(19-9)22-2)7-16-12-5-4-11-14(20-12)15(21)18-8-17-11/h3-6,8H,7H2,1-2H3,(H,16,20)(H,17,18,21). The average Bonchev–Trinajstić information content (AvgIpc) is 2.54. The summed E-state index contributed by atoms with van der Waals surface area (Å²) in [5, 5.41) is 3.19. The van der Waals surface area contributed by atoms with Gasteiger partial charge in [0.15, 0.2) is 5.52 Å². The van der Waals surface area contributed by atoms with Gasteiger partial charge in [0.2, 0.25) is 5.88 Å². The molecule has 7 heteroatoms. The van der Waals surface area contributed by atoms with Crippen molar-refractivity contribution < 1.29 is 4.74 Å². The van der Waals surface area contributed by atoms with Crippen molar-refractivity contribution in [2.45, 2.75) is 13.5 Å².